The number of halogens is 4. The Kier molecular flexibility index (Phi) is 8.75. The lowest BCUT2D eigenvalue weighted by molar-refractivity contribution is -0.198. The Labute approximate surface area is 216 Å². The molecule has 1 aromatic carbocycles. The first-order valence-corrected chi connectivity index (χ1v) is 12.0. The van der Waals surface area contributed by atoms with Crippen LogP contribution in [0, 0.1) is 23.1 Å². The number of nitriles is 1. The summed E-state index contributed by atoms with van der Waals surface area (Å²) < 4.78 is 56.8. The van der Waals surface area contributed by atoms with Crippen LogP contribution in [0.4, 0.5) is 23.2 Å². The second-order valence-electron chi connectivity index (χ2n) is 9.40. The van der Waals surface area contributed by atoms with E-state index in [0.717, 1.165) is 6.07 Å². The van der Waals surface area contributed by atoms with E-state index in [0.29, 0.717) is 4.90 Å². The molecule has 0 saturated carbocycles. The number of benzene rings is 1. The van der Waals surface area contributed by atoms with Crippen molar-refractivity contribution in [2.24, 2.45) is 5.92 Å². The normalized spacial score (nSPS) is 18.6. The van der Waals surface area contributed by atoms with Crippen LogP contribution in [0.2, 0.25) is 0 Å². The van der Waals surface area contributed by atoms with Gasteiger partial charge < -0.3 is 15.5 Å². The summed E-state index contributed by atoms with van der Waals surface area (Å²) in [6.45, 7) is 4.22. The minimum atomic E-state index is -4.65. The van der Waals surface area contributed by atoms with Crippen molar-refractivity contribution in [3.8, 4) is 6.07 Å². The molecule has 1 saturated heterocycles. The molecular formula is C25H28F4N6O3. The topological polar surface area (TPSA) is 120 Å². The number of likely N-dealkylation sites (tertiary alicyclic amines) is 1. The highest BCUT2D eigenvalue weighted by atomic mass is 19.4. The van der Waals surface area contributed by atoms with E-state index in [1.165, 1.54) is 36.0 Å². The van der Waals surface area contributed by atoms with Crippen molar-refractivity contribution in [3.63, 3.8) is 0 Å². The van der Waals surface area contributed by atoms with E-state index in [9.17, 15) is 31.9 Å². The quantitative estimate of drug-likeness (QED) is 0.522. The van der Waals surface area contributed by atoms with E-state index >= 15 is 0 Å². The van der Waals surface area contributed by atoms with Crippen molar-refractivity contribution in [1.82, 2.24) is 20.0 Å². The second kappa shape index (κ2) is 11.6. The first-order valence-electron chi connectivity index (χ1n) is 12.0. The first-order chi connectivity index (χ1) is 17.8. The van der Waals surface area contributed by atoms with E-state index in [-0.39, 0.29) is 42.4 Å². The number of piperidine rings is 1. The summed E-state index contributed by atoms with van der Waals surface area (Å²) in [6.07, 6.45) is -3.55. The number of anilines is 1. The molecule has 0 radical (unpaired) electrons. The number of carbonyl (C=O) groups is 3. The maximum Gasteiger partial charge on any atom is 0.408 e. The van der Waals surface area contributed by atoms with Gasteiger partial charge >= 0.3 is 6.18 Å². The van der Waals surface area contributed by atoms with Crippen molar-refractivity contribution in [2.75, 3.05) is 18.4 Å². The Morgan fingerprint density at radius 3 is 2.50 bits per heavy atom. The average molecular weight is 537 g/mol. The smallest absolute Gasteiger partial charge is 0.342 e. The number of hydrogen-bond acceptors (Lipinski definition) is 5. The number of amides is 3. The molecule has 1 aliphatic rings. The van der Waals surface area contributed by atoms with Gasteiger partial charge in [0.1, 0.15) is 17.6 Å². The van der Waals surface area contributed by atoms with Crippen LogP contribution in [0.1, 0.15) is 61.6 Å². The molecule has 13 heteroatoms. The van der Waals surface area contributed by atoms with E-state index in [1.807, 2.05) is 19.9 Å². The molecule has 2 aromatic rings. The summed E-state index contributed by atoms with van der Waals surface area (Å²) >= 11 is 0. The number of nitrogens with zero attached hydrogens (tertiary/aromatic N) is 4. The lowest BCUT2D eigenvalue weighted by Crippen LogP contribution is -2.54. The summed E-state index contributed by atoms with van der Waals surface area (Å²) in [6, 6.07) is 4.80. The van der Waals surface area contributed by atoms with Gasteiger partial charge in [0.15, 0.2) is 0 Å². The van der Waals surface area contributed by atoms with Crippen molar-refractivity contribution < 1.29 is 31.9 Å². The molecule has 2 heterocycles. The van der Waals surface area contributed by atoms with Crippen molar-refractivity contribution >= 4 is 23.4 Å². The van der Waals surface area contributed by atoms with Crippen LogP contribution >= 0.6 is 0 Å². The van der Waals surface area contributed by atoms with Crippen LogP contribution in [-0.4, -0.2) is 57.7 Å². The lowest BCUT2D eigenvalue weighted by Gasteiger charge is -2.39. The number of hydrogen-bond donors (Lipinski definition) is 2. The lowest BCUT2D eigenvalue weighted by atomic mass is 9.90. The minimum absolute atomic E-state index is 0.0314. The van der Waals surface area contributed by atoms with Crippen LogP contribution in [0.25, 0.3) is 0 Å². The molecule has 0 spiro atoms. The van der Waals surface area contributed by atoms with Gasteiger partial charge in [0.05, 0.1) is 30.1 Å². The van der Waals surface area contributed by atoms with Gasteiger partial charge in [-0.05, 0) is 57.4 Å². The Hall–Kier alpha value is -3.95. The molecule has 1 fully saturated rings. The van der Waals surface area contributed by atoms with Crippen LogP contribution in [0.5, 0.6) is 0 Å². The van der Waals surface area contributed by atoms with Crippen molar-refractivity contribution in [3.05, 3.63) is 47.5 Å². The molecule has 38 heavy (non-hydrogen) atoms. The molecule has 2 N–H and O–H groups in total. The third kappa shape index (κ3) is 6.48. The summed E-state index contributed by atoms with van der Waals surface area (Å²) in [5.41, 5.74) is 0.140. The zero-order valence-electron chi connectivity index (χ0n) is 21.1. The van der Waals surface area contributed by atoms with Crippen molar-refractivity contribution in [1.29, 1.82) is 5.26 Å². The Balaban J connectivity index is 1.65. The molecule has 204 valence electrons. The van der Waals surface area contributed by atoms with Gasteiger partial charge in [0, 0.05) is 18.8 Å². The SMILES string of the molecule is CC(C(=O)N1CC(C#N)CCC1C(F)(F)F)c1ccc(NC(=O)CNC(=O)c2ccnn2C(C)C)c(F)c1. The molecular weight excluding hydrogens is 508 g/mol. The minimum Gasteiger partial charge on any atom is -0.342 e. The largest absolute Gasteiger partial charge is 0.408 e. The highest BCUT2D eigenvalue weighted by molar-refractivity contribution is 5.98. The van der Waals surface area contributed by atoms with E-state index in [4.69, 9.17) is 5.26 Å². The third-order valence-corrected chi connectivity index (χ3v) is 6.36. The highest BCUT2D eigenvalue weighted by Gasteiger charge is 2.48. The van der Waals surface area contributed by atoms with Gasteiger partial charge in [0.25, 0.3) is 5.91 Å². The zero-order valence-corrected chi connectivity index (χ0v) is 21.1. The van der Waals surface area contributed by atoms with Gasteiger partial charge in [0.2, 0.25) is 11.8 Å². The molecule has 3 rings (SSSR count). The number of aromatic nitrogens is 2. The van der Waals surface area contributed by atoms with E-state index in [2.05, 4.69) is 15.7 Å². The van der Waals surface area contributed by atoms with Crippen LogP contribution in [-0.2, 0) is 9.59 Å². The van der Waals surface area contributed by atoms with Crippen LogP contribution in [0.3, 0.4) is 0 Å². The highest BCUT2D eigenvalue weighted by Crippen LogP contribution is 2.36. The predicted molar refractivity (Wildman–Crippen MR) is 128 cm³/mol. The van der Waals surface area contributed by atoms with Gasteiger partial charge in [-0.3, -0.25) is 19.1 Å². The second-order valence-corrected chi connectivity index (χ2v) is 9.40. The predicted octanol–water partition coefficient (Wildman–Crippen LogP) is 3.77. The molecule has 3 atom stereocenters. The van der Waals surface area contributed by atoms with E-state index < -0.39 is 54.1 Å². The monoisotopic (exact) mass is 536 g/mol. The number of nitrogens with one attached hydrogen (secondary N) is 2. The number of carbonyl (C=O) groups excluding carboxylic acids is 3. The van der Waals surface area contributed by atoms with Gasteiger partial charge in [-0.15, -0.1) is 0 Å². The molecule has 0 bridgehead atoms. The molecule has 1 aromatic heterocycles. The molecule has 3 amide bonds. The summed E-state index contributed by atoms with van der Waals surface area (Å²) in [5, 5.41) is 17.9. The maximum atomic E-state index is 14.8. The molecule has 9 nitrogen and oxygen atoms in total. The van der Waals surface area contributed by atoms with Crippen molar-refractivity contribution in [2.45, 2.75) is 57.8 Å². The third-order valence-electron chi connectivity index (χ3n) is 6.36. The first kappa shape index (κ1) is 28.6. The number of alkyl halides is 3. The summed E-state index contributed by atoms with van der Waals surface area (Å²) in [7, 11) is 0. The fraction of sp³-hybridized carbons (Fsp3) is 0.480. The molecule has 0 aliphatic carbocycles. The number of rotatable bonds is 7. The maximum absolute atomic E-state index is 14.8. The van der Waals surface area contributed by atoms with E-state index in [1.54, 1.807) is 0 Å². The summed E-state index contributed by atoms with van der Waals surface area (Å²) in [4.78, 5) is 38.3. The standard InChI is InChI=1S/C25H28F4N6O3/c1-14(2)35-20(8-9-32-35)23(37)31-12-22(36)33-19-6-5-17(10-18(19)26)15(3)24(38)34-13-16(11-30)4-7-21(34)25(27,28)29/h5-6,8-10,14-16,21H,4,7,12-13H2,1-3H3,(H,31,37)(H,33,36). The van der Waals surface area contributed by atoms with Crippen LogP contribution in [0.15, 0.2) is 30.5 Å². The summed E-state index contributed by atoms with van der Waals surface area (Å²) in [5.74, 6) is -4.86. The Morgan fingerprint density at radius 1 is 1.18 bits per heavy atom. The Bertz CT molecular complexity index is 1240. The van der Waals surface area contributed by atoms with Crippen LogP contribution < -0.4 is 10.6 Å². The Morgan fingerprint density at radius 2 is 1.89 bits per heavy atom. The zero-order chi connectivity index (χ0) is 28.2. The average Bonchev–Trinajstić information content (AvgIpc) is 3.37. The molecule has 3 unspecified atom stereocenters. The fourth-order valence-corrected chi connectivity index (χ4v) is 4.30. The van der Waals surface area contributed by atoms with Gasteiger partial charge in [-0.2, -0.15) is 23.5 Å². The fourth-order valence-electron chi connectivity index (χ4n) is 4.30. The van der Waals surface area contributed by atoms with Gasteiger partial charge in [-0.25, -0.2) is 4.39 Å². The van der Waals surface area contributed by atoms with Gasteiger partial charge in [-0.1, -0.05) is 6.07 Å². The molecule has 1 aliphatic heterocycles.